The molecule has 1 aliphatic heterocycles. The van der Waals surface area contributed by atoms with Crippen LogP contribution in [0, 0.1) is 0 Å². The number of carbonyl (C=O) groups is 1. The van der Waals surface area contributed by atoms with E-state index >= 15 is 0 Å². The van der Waals surface area contributed by atoms with E-state index in [0.29, 0.717) is 11.4 Å². The molecule has 2 N–H and O–H groups in total. The van der Waals surface area contributed by atoms with E-state index in [2.05, 4.69) is 0 Å². The summed E-state index contributed by atoms with van der Waals surface area (Å²) in [5.41, 5.74) is 1.71. The molecule has 0 aliphatic carbocycles. The summed E-state index contributed by atoms with van der Waals surface area (Å²) in [7, 11) is -3.08. The van der Waals surface area contributed by atoms with Crippen molar-refractivity contribution in [2.45, 2.75) is 25.4 Å². The molecule has 0 spiro atoms. The van der Waals surface area contributed by atoms with Gasteiger partial charge < -0.3 is 10.2 Å². The lowest BCUT2D eigenvalue weighted by Gasteiger charge is -2.28. The maximum absolute atomic E-state index is 13.0. The normalized spacial score (nSPS) is 19.6. The fourth-order valence-electron chi connectivity index (χ4n) is 3.47. The zero-order valence-corrected chi connectivity index (χ0v) is 16.8. The molecule has 1 amide bonds. The summed E-state index contributed by atoms with van der Waals surface area (Å²) in [5, 5.41) is 2.61. The van der Waals surface area contributed by atoms with Gasteiger partial charge in [-0.25, -0.2) is 8.42 Å². The van der Waals surface area contributed by atoms with Crippen molar-refractivity contribution in [2.75, 3.05) is 23.0 Å². The van der Waals surface area contributed by atoms with E-state index in [4.69, 9.17) is 11.6 Å². The van der Waals surface area contributed by atoms with Gasteiger partial charge in [0.05, 0.1) is 17.5 Å². The van der Waals surface area contributed by atoms with E-state index in [0.717, 1.165) is 11.3 Å². The van der Waals surface area contributed by atoms with Crippen molar-refractivity contribution in [3.05, 3.63) is 65.2 Å². The van der Waals surface area contributed by atoms with Gasteiger partial charge in [-0.1, -0.05) is 48.0 Å². The summed E-state index contributed by atoms with van der Waals surface area (Å²) in [6, 6.07) is 16.6. The highest BCUT2D eigenvalue weighted by molar-refractivity contribution is 7.91. The van der Waals surface area contributed by atoms with E-state index in [-0.39, 0.29) is 36.0 Å². The third-order valence-corrected chi connectivity index (χ3v) is 7.01. The summed E-state index contributed by atoms with van der Waals surface area (Å²) >= 11 is 6.25. The maximum Gasteiger partial charge on any atom is 0.282 e. The van der Waals surface area contributed by atoms with Crippen molar-refractivity contribution in [3.63, 3.8) is 0 Å². The molecule has 2 aromatic carbocycles. The Balaban J connectivity index is 1.75. The van der Waals surface area contributed by atoms with Crippen LogP contribution < -0.4 is 10.2 Å². The van der Waals surface area contributed by atoms with Gasteiger partial charge in [-0.3, -0.25) is 4.79 Å². The number of rotatable bonds is 6. The molecular weight excluding hydrogens is 384 g/mol. The summed E-state index contributed by atoms with van der Waals surface area (Å²) in [6.45, 7) is 2.22. The Morgan fingerprint density at radius 2 is 1.85 bits per heavy atom. The number of benzene rings is 2. The second-order valence-corrected chi connectivity index (χ2v) is 9.54. The van der Waals surface area contributed by atoms with Crippen molar-refractivity contribution in [3.8, 4) is 0 Å². The van der Waals surface area contributed by atoms with Crippen molar-refractivity contribution in [1.29, 1.82) is 0 Å². The number of carbonyl (C=O) groups excluding carboxylic acids is 1. The fourth-order valence-corrected chi connectivity index (χ4v) is 5.48. The van der Waals surface area contributed by atoms with Crippen LogP contribution >= 0.6 is 11.6 Å². The molecule has 5 nitrogen and oxygen atoms in total. The minimum atomic E-state index is -3.08. The van der Waals surface area contributed by atoms with Gasteiger partial charge in [-0.2, -0.15) is 0 Å². The Kier molecular flexibility index (Phi) is 6.19. The highest BCUT2D eigenvalue weighted by atomic mass is 35.5. The van der Waals surface area contributed by atoms with Crippen LogP contribution in [0.25, 0.3) is 0 Å². The lowest BCUT2D eigenvalue weighted by molar-refractivity contribution is -0.682. The van der Waals surface area contributed by atoms with Gasteiger partial charge in [0.25, 0.3) is 5.91 Å². The molecule has 0 saturated carbocycles. The predicted octanol–water partition coefficient (Wildman–Crippen LogP) is 2.18. The van der Waals surface area contributed by atoms with E-state index < -0.39 is 9.84 Å². The van der Waals surface area contributed by atoms with Gasteiger partial charge in [0.1, 0.15) is 6.04 Å². The van der Waals surface area contributed by atoms with Crippen LogP contribution in [0.1, 0.15) is 24.9 Å². The standard InChI is InChI=1S/C20H23ClN2O3S/c1-15(18-9-5-6-10-19(18)21)22-13-20(24)23(16-7-3-2-4-8-16)17-11-12-27(25,26)14-17/h2-10,15,17,22H,11-14H2,1H3/p+1/t15-,17+/m0/s1. The quantitative estimate of drug-likeness (QED) is 0.797. The molecule has 27 heavy (non-hydrogen) atoms. The van der Waals surface area contributed by atoms with Crippen LogP contribution in [0.2, 0.25) is 5.02 Å². The molecule has 7 heteroatoms. The molecular formula is C20H24ClN2O3S+. The average molecular weight is 408 g/mol. The second-order valence-electron chi connectivity index (χ2n) is 6.91. The molecule has 0 bridgehead atoms. The monoisotopic (exact) mass is 407 g/mol. The number of halogens is 1. The first-order valence-corrected chi connectivity index (χ1v) is 11.2. The zero-order chi connectivity index (χ0) is 19.4. The molecule has 2 atom stereocenters. The van der Waals surface area contributed by atoms with E-state index in [1.165, 1.54) is 0 Å². The van der Waals surface area contributed by atoms with Crippen molar-refractivity contribution in [1.82, 2.24) is 0 Å². The molecule has 144 valence electrons. The van der Waals surface area contributed by atoms with Crippen molar-refractivity contribution >= 4 is 33.0 Å². The Morgan fingerprint density at radius 1 is 1.19 bits per heavy atom. The molecule has 1 fully saturated rings. The predicted molar refractivity (Wildman–Crippen MR) is 108 cm³/mol. The third-order valence-electron chi connectivity index (χ3n) is 4.92. The maximum atomic E-state index is 13.0. The topological polar surface area (TPSA) is 71.1 Å². The molecule has 0 aromatic heterocycles. The fraction of sp³-hybridized carbons (Fsp3) is 0.350. The van der Waals surface area contributed by atoms with Crippen LogP contribution in [0.15, 0.2) is 54.6 Å². The van der Waals surface area contributed by atoms with Crippen LogP contribution in [-0.2, 0) is 14.6 Å². The number of quaternary nitrogens is 1. The minimum Gasteiger partial charge on any atom is -0.332 e. The Hall–Kier alpha value is -1.89. The first-order valence-electron chi connectivity index (χ1n) is 9.02. The Bertz CT molecular complexity index is 902. The smallest absolute Gasteiger partial charge is 0.282 e. The molecule has 2 aromatic rings. The largest absolute Gasteiger partial charge is 0.332 e. The molecule has 0 unspecified atom stereocenters. The lowest BCUT2D eigenvalue weighted by Crippen LogP contribution is -2.87. The highest BCUT2D eigenvalue weighted by Crippen LogP contribution is 2.24. The summed E-state index contributed by atoms with van der Waals surface area (Å²) in [6.07, 6.45) is 0.475. The number of sulfone groups is 1. The average Bonchev–Trinajstić information content (AvgIpc) is 3.00. The molecule has 1 aliphatic rings. The van der Waals surface area contributed by atoms with Gasteiger partial charge >= 0.3 is 0 Å². The second kappa shape index (κ2) is 8.42. The SMILES string of the molecule is C[C@H]([NH2+]CC(=O)N(c1ccccc1)[C@@H]1CCS(=O)(=O)C1)c1ccccc1Cl. The summed E-state index contributed by atoms with van der Waals surface area (Å²) < 4.78 is 23.9. The number of hydrogen-bond donors (Lipinski definition) is 1. The van der Waals surface area contributed by atoms with Crippen LogP contribution in [0.5, 0.6) is 0 Å². The van der Waals surface area contributed by atoms with Gasteiger partial charge in [-0.05, 0) is 31.5 Å². The van der Waals surface area contributed by atoms with E-state index in [1.54, 1.807) is 4.90 Å². The number of anilines is 1. The molecule has 0 radical (unpaired) electrons. The summed E-state index contributed by atoms with van der Waals surface area (Å²) in [4.78, 5) is 14.7. The zero-order valence-electron chi connectivity index (χ0n) is 15.2. The number of nitrogens with two attached hydrogens (primary N) is 1. The third kappa shape index (κ3) is 4.89. The molecule has 3 rings (SSSR count). The van der Waals surface area contributed by atoms with Crippen LogP contribution in [-0.4, -0.2) is 38.4 Å². The Labute approximate surface area is 165 Å². The first kappa shape index (κ1) is 19.9. The number of para-hydroxylation sites is 1. The molecule has 1 saturated heterocycles. The van der Waals surface area contributed by atoms with Crippen molar-refractivity contribution < 1.29 is 18.5 Å². The number of nitrogens with zero attached hydrogens (tertiary/aromatic N) is 1. The highest BCUT2D eigenvalue weighted by Gasteiger charge is 2.36. The minimum absolute atomic E-state index is 0.0209. The first-order chi connectivity index (χ1) is 12.9. The summed E-state index contributed by atoms with van der Waals surface area (Å²) in [5.74, 6) is 0.0593. The van der Waals surface area contributed by atoms with Gasteiger partial charge in [-0.15, -0.1) is 0 Å². The van der Waals surface area contributed by atoms with Crippen molar-refractivity contribution in [2.24, 2.45) is 0 Å². The van der Waals surface area contributed by atoms with Gasteiger partial charge in [0.15, 0.2) is 16.4 Å². The van der Waals surface area contributed by atoms with Crippen LogP contribution in [0.4, 0.5) is 5.69 Å². The van der Waals surface area contributed by atoms with E-state index in [9.17, 15) is 13.2 Å². The number of amides is 1. The Morgan fingerprint density at radius 3 is 2.48 bits per heavy atom. The van der Waals surface area contributed by atoms with Gasteiger partial charge in [0, 0.05) is 16.3 Å². The lowest BCUT2D eigenvalue weighted by atomic mass is 10.1. The van der Waals surface area contributed by atoms with E-state index in [1.807, 2.05) is 66.8 Å². The van der Waals surface area contributed by atoms with Crippen LogP contribution in [0.3, 0.4) is 0 Å². The number of hydrogen-bond acceptors (Lipinski definition) is 3. The molecule has 1 heterocycles. The van der Waals surface area contributed by atoms with Gasteiger partial charge in [0.2, 0.25) is 0 Å².